The van der Waals surface area contributed by atoms with E-state index in [0.29, 0.717) is 37.2 Å². The molecule has 6 heteroatoms. The fourth-order valence-corrected chi connectivity index (χ4v) is 4.70. The number of aryl methyl sites for hydroxylation is 1. The summed E-state index contributed by atoms with van der Waals surface area (Å²) in [6.07, 6.45) is 1.10. The Kier molecular flexibility index (Phi) is 4.60. The minimum Gasteiger partial charge on any atom is -0.466 e. The van der Waals surface area contributed by atoms with Gasteiger partial charge in [-0.25, -0.2) is 4.79 Å². The van der Waals surface area contributed by atoms with E-state index >= 15 is 0 Å². The van der Waals surface area contributed by atoms with Gasteiger partial charge in [0, 0.05) is 36.7 Å². The van der Waals surface area contributed by atoms with Crippen molar-refractivity contribution in [2.24, 2.45) is 5.41 Å². The number of hydrogen-bond donors (Lipinski definition) is 1. The molecule has 1 amide bonds. The number of carbonyl (C=O) groups is 3. The lowest BCUT2D eigenvalue weighted by molar-refractivity contribution is -0.137. The molecule has 29 heavy (non-hydrogen) atoms. The Balaban J connectivity index is 2.01. The highest BCUT2D eigenvalue weighted by molar-refractivity contribution is 6.09. The SMILES string of the molecule is COC(=O)C1=C2C(=O)NCCN2C2=C(C(=O)CC(C)(C)C2)C1c1ccc(C)cc1. The summed E-state index contributed by atoms with van der Waals surface area (Å²) in [5.74, 6) is -1.43. The first-order valence-electron chi connectivity index (χ1n) is 9.94. The van der Waals surface area contributed by atoms with Crippen molar-refractivity contribution in [3.05, 3.63) is 57.9 Å². The maximum atomic E-state index is 13.3. The lowest BCUT2D eigenvalue weighted by atomic mass is 9.67. The number of hydrogen-bond acceptors (Lipinski definition) is 5. The molecule has 1 unspecified atom stereocenters. The number of allylic oxidation sites excluding steroid dienone is 2. The van der Waals surface area contributed by atoms with Crippen LogP contribution in [0.25, 0.3) is 0 Å². The van der Waals surface area contributed by atoms with Gasteiger partial charge in [0.2, 0.25) is 0 Å². The van der Waals surface area contributed by atoms with Crippen LogP contribution in [-0.2, 0) is 19.1 Å². The molecule has 1 aliphatic carbocycles. The number of piperazine rings is 1. The van der Waals surface area contributed by atoms with Crippen LogP contribution in [0, 0.1) is 12.3 Å². The van der Waals surface area contributed by atoms with E-state index < -0.39 is 11.9 Å². The van der Waals surface area contributed by atoms with Gasteiger partial charge in [-0.2, -0.15) is 0 Å². The zero-order chi connectivity index (χ0) is 20.9. The Morgan fingerprint density at radius 3 is 2.52 bits per heavy atom. The number of fused-ring (bicyclic) bond motifs is 2. The van der Waals surface area contributed by atoms with Crippen molar-refractivity contribution in [2.75, 3.05) is 20.2 Å². The zero-order valence-electron chi connectivity index (χ0n) is 17.3. The van der Waals surface area contributed by atoms with Crippen molar-refractivity contribution >= 4 is 17.7 Å². The van der Waals surface area contributed by atoms with Crippen LogP contribution in [0.15, 0.2) is 46.8 Å². The molecular formula is C23H26N2O4. The number of amides is 1. The van der Waals surface area contributed by atoms with E-state index in [9.17, 15) is 14.4 Å². The fourth-order valence-electron chi connectivity index (χ4n) is 4.70. The number of carbonyl (C=O) groups excluding carboxylic acids is 3. The van der Waals surface area contributed by atoms with Gasteiger partial charge in [0.25, 0.3) is 5.91 Å². The molecule has 0 aromatic heterocycles. The number of benzene rings is 1. The summed E-state index contributed by atoms with van der Waals surface area (Å²) < 4.78 is 5.08. The summed E-state index contributed by atoms with van der Waals surface area (Å²) >= 11 is 0. The Hall–Kier alpha value is -2.89. The highest BCUT2D eigenvalue weighted by Crippen LogP contribution is 2.50. The van der Waals surface area contributed by atoms with Crippen molar-refractivity contribution in [2.45, 2.75) is 39.5 Å². The third kappa shape index (κ3) is 3.16. The molecule has 2 heterocycles. The summed E-state index contributed by atoms with van der Waals surface area (Å²) in [7, 11) is 1.31. The standard InChI is InChI=1S/C23H26N2O4/c1-13-5-7-14(8-6-13)17-18-15(11-23(2,3)12-16(18)26)25-10-9-24-21(27)20(25)19(17)22(28)29-4/h5-8,17H,9-12H2,1-4H3,(H,24,27). The summed E-state index contributed by atoms with van der Waals surface area (Å²) in [5, 5.41) is 2.84. The molecule has 0 radical (unpaired) electrons. The molecule has 152 valence electrons. The minimum absolute atomic E-state index is 0.0354. The highest BCUT2D eigenvalue weighted by Gasteiger charge is 2.48. The first-order chi connectivity index (χ1) is 13.7. The van der Waals surface area contributed by atoms with E-state index in [0.717, 1.165) is 16.8 Å². The summed E-state index contributed by atoms with van der Waals surface area (Å²) in [5.41, 5.74) is 3.77. The molecule has 2 aliphatic heterocycles. The second-order valence-electron chi connectivity index (χ2n) is 8.81. The number of ether oxygens (including phenoxy) is 1. The van der Waals surface area contributed by atoms with Crippen LogP contribution in [0.1, 0.15) is 43.7 Å². The molecule has 1 atom stereocenters. The van der Waals surface area contributed by atoms with Gasteiger partial charge in [-0.05, 0) is 24.3 Å². The molecular weight excluding hydrogens is 368 g/mol. The monoisotopic (exact) mass is 394 g/mol. The van der Waals surface area contributed by atoms with Gasteiger partial charge < -0.3 is 15.0 Å². The molecule has 1 fully saturated rings. The molecule has 1 aromatic rings. The van der Waals surface area contributed by atoms with Crippen molar-refractivity contribution in [1.82, 2.24) is 10.2 Å². The smallest absolute Gasteiger partial charge is 0.337 e. The van der Waals surface area contributed by atoms with Gasteiger partial charge >= 0.3 is 5.97 Å². The Morgan fingerprint density at radius 1 is 1.17 bits per heavy atom. The molecule has 4 rings (SSSR count). The first-order valence-corrected chi connectivity index (χ1v) is 9.94. The normalized spacial score (nSPS) is 23.4. The van der Waals surface area contributed by atoms with Gasteiger partial charge in [0.05, 0.1) is 12.7 Å². The minimum atomic E-state index is -0.600. The highest BCUT2D eigenvalue weighted by atomic mass is 16.5. The van der Waals surface area contributed by atoms with Crippen molar-refractivity contribution < 1.29 is 19.1 Å². The third-order valence-corrected chi connectivity index (χ3v) is 5.98. The van der Waals surface area contributed by atoms with Gasteiger partial charge in [0.1, 0.15) is 5.70 Å². The maximum Gasteiger partial charge on any atom is 0.337 e. The van der Waals surface area contributed by atoms with Gasteiger partial charge in [-0.15, -0.1) is 0 Å². The number of Topliss-reactive ketones (excluding diaryl/α,β-unsaturated/α-hetero) is 1. The van der Waals surface area contributed by atoms with Crippen LogP contribution in [0.2, 0.25) is 0 Å². The second-order valence-corrected chi connectivity index (χ2v) is 8.81. The van der Waals surface area contributed by atoms with E-state index in [1.54, 1.807) is 0 Å². The molecule has 0 saturated carbocycles. The van der Waals surface area contributed by atoms with Crippen molar-refractivity contribution in [3.8, 4) is 0 Å². The Morgan fingerprint density at radius 2 is 1.86 bits per heavy atom. The number of ketones is 1. The van der Waals surface area contributed by atoms with Gasteiger partial charge in [0.15, 0.2) is 5.78 Å². The number of esters is 1. The van der Waals surface area contributed by atoms with E-state index in [2.05, 4.69) is 19.2 Å². The Bertz CT molecular complexity index is 969. The number of rotatable bonds is 2. The average Bonchev–Trinajstić information content (AvgIpc) is 2.67. The van der Waals surface area contributed by atoms with E-state index in [4.69, 9.17) is 4.74 Å². The first kappa shape index (κ1) is 19.4. The van der Waals surface area contributed by atoms with Crippen LogP contribution in [0.5, 0.6) is 0 Å². The van der Waals surface area contributed by atoms with Crippen molar-refractivity contribution in [1.29, 1.82) is 0 Å². The largest absolute Gasteiger partial charge is 0.466 e. The molecule has 0 spiro atoms. The molecule has 3 aliphatic rings. The molecule has 1 aromatic carbocycles. The average molecular weight is 394 g/mol. The molecule has 6 nitrogen and oxygen atoms in total. The van der Waals surface area contributed by atoms with E-state index in [-0.39, 0.29) is 22.7 Å². The van der Waals surface area contributed by atoms with E-state index in [1.165, 1.54) is 7.11 Å². The van der Waals surface area contributed by atoms with Gasteiger partial charge in [-0.3, -0.25) is 9.59 Å². The van der Waals surface area contributed by atoms with Crippen LogP contribution in [0.4, 0.5) is 0 Å². The summed E-state index contributed by atoms with van der Waals surface area (Å²) in [6, 6.07) is 7.77. The van der Waals surface area contributed by atoms with Crippen molar-refractivity contribution in [3.63, 3.8) is 0 Å². The predicted octanol–water partition coefficient (Wildman–Crippen LogP) is 2.59. The quantitative estimate of drug-likeness (QED) is 0.781. The predicted molar refractivity (Wildman–Crippen MR) is 108 cm³/mol. The van der Waals surface area contributed by atoms with E-state index in [1.807, 2.05) is 36.1 Å². The van der Waals surface area contributed by atoms with Gasteiger partial charge in [-0.1, -0.05) is 43.7 Å². The zero-order valence-corrected chi connectivity index (χ0v) is 17.3. The summed E-state index contributed by atoms with van der Waals surface area (Å²) in [4.78, 5) is 41.0. The molecule has 1 N–H and O–H groups in total. The Labute approximate surface area is 170 Å². The third-order valence-electron chi connectivity index (χ3n) is 5.98. The lowest BCUT2D eigenvalue weighted by Gasteiger charge is -2.46. The number of nitrogens with one attached hydrogen (secondary N) is 1. The van der Waals surface area contributed by atoms with Crippen LogP contribution in [-0.4, -0.2) is 42.8 Å². The fraction of sp³-hybridized carbons (Fsp3) is 0.435. The van der Waals surface area contributed by atoms with Crippen LogP contribution in [0.3, 0.4) is 0 Å². The second kappa shape index (κ2) is 6.87. The lowest BCUT2D eigenvalue weighted by Crippen LogP contribution is -2.51. The molecule has 0 bridgehead atoms. The van der Waals surface area contributed by atoms with Crippen LogP contribution >= 0.6 is 0 Å². The number of methoxy groups -OCH3 is 1. The maximum absolute atomic E-state index is 13.3. The topological polar surface area (TPSA) is 75.7 Å². The summed E-state index contributed by atoms with van der Waals surface area (Å²) in [6.45, 7) is 7.12. The van der Waals surface area contributed by atoms with Crippen LogP contribution < -0.4 is 5.32 Å². The number of nitrogens with zero attached hydrogens (tertiary/aromatic N) is 1. The molecule has 1 saturated heterocycles.